The Labute approximate surface area is 205 Å². The summed E-state index contributed by atoms with van der Waals surface area (Å²) in [5, 5.41) is 15.4. The number of aliphatic hydroxyl groups excluding tert-OH is 1. The van der Waals surface area contributed by atoms with Gasteiger partial charge in [-0.3, -0.25) is 14.5 Å². The van der Waals surface area contributed by atoms with E-state index in [4.69, 9.17) is 4.99 Å². The zero-order chi connectivity index (χ0) is 25.3. The fourth-order valence-electron chi connectivity index (χ4n) is 4.59. The first-order valence-electron chi connectivity index (χ1n) is 11.9. The van der Waals surface area contributed by atoms with Gasteiger partial charge in [-0.2, -0.15) is 5.01 Å². The van der Waals surface area contributed by atoms with Gasteiger partial charge in [0.1, 0.15) is 5.71 Å². The molecule has 2 aromatic carbocycles. The summed E-state index contributed by atoms with van der Waals surface area (Å²) in [4.78, 5) is 35.4. The second-order valence-corrected chi connectivity index (χ2v) is 8.62. The van der Waals surface area contributed by atoms with Gasteiger partial charge in [0.2, 0.25) is 0 Å². The van der Waals surface area contributed by atoms with Crippen molar-refractivity contribution in [3.05, 3.63) is 64.7 Å². The fraction of sp³-hybridized carbons (Fsp3) is 0.333. The molecular formula is C27H31N5O3. The van der Waals surface area contributed by atoms with Crippen molar-refractivity contribution in [2.24, 2.45) is 10.1 Å². The van der Waals surface area contributed by atoms with Crippen LogP contribution in [0.3, 0.4) is 0 Å². The van der Waals surface area contributed by atoms with Gasteiger partial charge in [-0.15, -0.1) is 5.10 Å². The van der Waals surface area contributed by atoms with Crippen molar-refractivity contribution in [3.63, 3.8) is 0 Å². The zero-order valence-corrected chi connectivity index (χ0v) is 20.9. The van der Waals surface area contributed by atoms with E-state index in [0.29, 0.717) is 22.5 Å². The second-order valence-electron chi connectivity index (χ2n) is 8.62. The van der Waals surface area contributed by atoms with Gasteiger partial charge in [0.15, 0.2) is 5.84 Å². The standard InChI is InChI=1S/C27H31N5O3/c1-6-30(7-2)21-15-17(3)23(18(4)16-21)28-24-19(5)22-25(31(13-14-33)27(24)35)29-32(26(22)34)20-11-9-8-10-12-20/h8-12,15-16,33H,6-7,13-14H2,1-5H3. The molecule has 2 aliphatic heterocycles. The van der Waals surface area contributed by atoms with Gasteiger partial charge in [0.05, 0.1) is 30.1 Å². The lowest BCUT2D eigenvalue weighted by Gasteiger charge is -2.28. The summed E-state index contributed by atoms with van der Waals surface area (Å²) in [6.45, 7) is 11.5. The Morgan fingerprint density at radius 1 is 0.971 bits per heavy atom. The number of rotatable bonds is 7. The van der Waals surface area contributed by atoms with E-state index in [0.717, 1.165) is 29.9 Å². The molecule has 0 saturated heterocycles. The van der Waals surface area contributed by atoms with Crippen LogP contribution in [-0.4, -0.2) is 59.6 Å². The molecule has 0 bridgehead atoms. The van der Waals surface area contributed by atoms with Crippen LogP contribution in [0.15, 0.2) is 63.7 Å². The van der Waals surface area contributed by atoms with Crippen LogP contribution >= 0.6 is 0 Å². The van der Waals surface area contributed by atoms with Gasteiger partial charge in [0.25, 0.3) is 11.8 Å². The number of β-amino-alcohol motifs (C(OH)–C–C–N with tert-alkyl or cyclic N) is 1. The van der Waals surface area contributed by atoms with Crippen LogP contribution < -0.4 is 9.91 Å². The normalized spacial score (nSPS) is 16.9. The molecule has 0 unspecified atom stereocenters. The number of hydrazone groups is 1. The van der Waals surface area contributed by atoms with Gasteiger partial charge < -0.3 is 10.0 Å². The topological polar surface area (TPSA) is 88.8 Å². The van der Waals surface area contributed by atoms with Gasteiger partial charge in [-0.1, -0.05) is 18.2 Å². The highest BCUT2D eigenvalue weighted by molar-refractivity contribution is 6.54. The maximum atomic E-state index is 13.5. The average Bonchev–Trinajstić information content (AvgIpc) is 3.19. The molecule has 2 heterocycles. The van der Waals surface area contributed by atoms with E-state index < -0.39 is 0 Å². The molecule has 35 heavy (non-hydrogen) atoms. The first-order valence-corrected chi connectivity index (χ1v) is 11.9. The minimum Gasteiger partial charge on any atom is -0.395 e. The van der Waals surface area contributed by atoms with Crippen LogP contribution in [-0.2, 0) is 9.59 Å². The highest BCUT2D eigenvalue weighted by Gasteiger charge is 2.44. The summed E-state index contributed by atoms with van der Waals surface area (Å²) in [6, 6.07) is 13.2. The summed E-state index contributed by atoms with van der Waals surface area (Å²) < 4.78 is 0. The molecule has 182 valence electrons. The molecule has 0 atom stereocenters. The summed E-state index contributed by atoms with van der Waals surface area (Å²) in [6.07, 6.45) is 0. The minimum atomic E-state index is -0.381. The van der Waals surface area contributed by atoms with Crippen molar-refractivity contribution in [2.45, 2.75) is 34.6 Å². The molecule has 0 aromatic heterocycles. The minimum absolute atomic E-state index is 0.0161. The number of aliphatic hydroxyl groups is 1. The van der Waals surface area contributed by atoms with Gasteiger partial charge in [-0.05, 0) is 75.6 Å². The van der Waals surface area contributed by atoms with Crippen molar-refractivity contribution >= 4 is 40.4 Å². The Morgan fingerprint density at radius 2 is 1.60 bits per heavy atom. The van der Waals surface area contributed by atoms with Gasteiger partial charge in [0, 0.05) is 18.8 Å². The number of carbonyl (C=O) groups excluding carboxylic acids is 2. The number of anilines is 2. The Bertz CT molecular complexity index is 1240. The van der Waals surface area contributed by atoms with Crippen LogP contribution in [0, 0.1) is 13.8 Å². The number of nitrogens with zero attached hydrogens (tertiary/aromatic N) is 5. The first-order chi connectivity index (χ1) is 16.8. The van der Waals surface area contributed by atoms with Gasteiger partial charge >= 0.3 is 0 Å². The maximum Gasteiger partial charge on any atom is 0.282 e. The van der Waals surface area contributed by atoms with Crippen molar-refractivity contribution in [1.82, 2.24) is 4.90 Å². The summed E-state index contributed by atoms with van der Waals surface area (Å²) >= 11 is 0. The molecule has 8 nitrogen and oxygen atoms in total. The van der Waals surface area contributed by atoms with Crippen molar-refractivity contribution in [1.29, 1.82) is 0 Å². The monoisotopic (exact) mass is 473 g/mol. The molecule has 1 N–H and O–H groups in total. The van der Waals surface area contributed by atoms with E-state index >= 15 is 0 Å². The van der Waals surface area contributed by atoms with E-state index in [9.17, 15) is 14.7 Å². The Balaban J connectivity index is 1.84. The predicted octanol–water partition coefficient (Wildman–Crippen LogP) is 3.73. The summed E-state index contributed by atoms with van der Waals surface area (Å²) in [5.74, 6) is -0.453. The zero-order valence-electron chi connectivity index (χ0n) is 20.9. The molecular weight excluding hydrogens is 442 g/mol. The van der Waals surface area contributed by atoms with E-state index in [1.54, 1.807) is 19.1 Å². The number of amides is 2. The largest absolute Gasteiger partial charge is 0.395 e. The van der Waals surface area contributed by atoms with Crippen LogP contribution in [0.1, 0.15) is 31.9 Å². The van der Waals surface area contributed by atoms with E-state index in [1.807, 2.05) is 32.0 Å². The lowest BCUT2D eigenvalue weighted by molar-refractivity contribution is -0.121. The third kappa shape index (κ3) is 4.25. The Kier molecular flexibility index (Phi) is 6.84. The molecule has 0 spiro atoms. The van der Waals surface area contributed by atoms with Gasteiger partial charge in [-0.25, -0.2) is 4.99 Å². The smallest absolute Gasteiger partial charge is 0.282 e. The van der Waals surface area contributed by atoms with Crippen LogP contribution in [0.5, 0.6) is 0 Å². The number of amidine groups is 1. The average molecular weight is 474 g/mol. The number of aryl methyl sites for hydroxylation is 2. The highest BCUT2D eigenvalue weighted by atomic mass is 16.3. The van der Waals surface area contributed by atoms with E-state index in [2.05, 4.69) is 36.0 Å². The number of fused-ring (bicyclic) bond motifs is 1. The SMILES string of the molecule is CCN(CC)c1cc(C)c(N=C2C(=O)N(CCO)C3=NN(c4ccccc4)C(=O)C3=C2C)c(C)c1. The third-order valence-electron chi connectivity index (χ3n) is 6.41. The fourth-order valence-corrected chi connectivity index (χ4v) is 4.59. The molecule has 0 fully saturated rings. The molecule has 0 radical (unpaired) electrons. The number of hydrogen-bond acceptors (Lipinski definition) is 6. The Morgan fingerprint density at radius 3 is 2.17 bits per heavy atom. The highest BCUT2D eigenvalue weighted by Crippen LogP contribution is 2.34. The number of benzene rings is 2. The number of carbonyl (C=O) groups is 2. The molecule has 0 aliphatic carbocycles. The number of aliphatic imine (C=N–C) groups is 1. The lowest BCUT2D eigenvalue weighted by atomic mass is 9.96. The first kappa shape index (κ1) is 24.3. The maximum absolute atomic E-state index is 13.5. The van der Waals surface area contributed by atoms with E-state index in [-0.39, 0.29) is 36.5 Å². The van der Waals surface area contributed by atoms with Crippen LogP contribution in [0.25, 0.3) is 0 Å². The molecule has 2 aliphatic rings. The summed E-state index contributed by atoms with van der Waals surface area (Å²) in [5.41, 5.74) is 5.32. The van der Waals surface area contributed by atoms with Crippen molar-refractivity contribution in [2.75, 3.05) is 36.1 Å². The third-order valence-corrected chi connectivity index (χ3v) is 6.41. The number of para-hydroxylation sites is 1. The molecule has 2 aromatic rings. The van der Waals surface area contributed by atoms with E-state index in [1.165, 1.54) is 9.91 Å². The molecule has 4 rings (SSSR count). The molecule has 2 amide bonds. The van der Waals surface area contributed by atoms with Crippen LogP contribution in [0.2, 0.25) is 0 Å². The van der Waals surface area contributed by atoms with Crippen LogP contribution in [0.4, 0.5) is 17.1 Å². The molecule has 8 heteroatoms. The molecule has 0 saturated carbocycles. The lowest BCUT2D eigenvalue weighted by Crippen LogP contribution is -2.48. The summed E-state index contributed by atoms with van der Waals surface area (Å²) in [7, 11) is 0. The predicted molar refractivity (Wildman–Crippen MR) is 139 cm³/mol. The quantitative estimate of drug-likeness (QED) is 0.664. The Hall–Kier alpha value is -3.78. The van der Waals surface area contributed by atoms with Crippen molar-refractivity contribution in [3.8, 4) is 0 Å². The second kappa shape index (κ2) is 9.84. The van der Waals surface area contributed by atoms with Crippen molar-refractivity contribution < 1.29 is 14.7 Å². The number of hydrogen-bond donors (Lipinski definition) is 1.